The molecule has 0 aliphatic heterocycles. The maximum Gasteiger partial charge on any atom is 0.223 e. The summed E-state index contributed by atoms with van der Waals surface area (Å²) in [6.45, 7) is 0.467. The molecule has 23 heavy (non-hydrogen) atoms. The van der Waals surface area contributed by atoms with Gasteiger partial charge in [0.2, 0.25) is 5.91 Å². The lowest BCUT2D eigenvalue weighted by Crippen LogP contribution is -2.29. The summed E-state index contributed by atoms with van der Waals surface area (Å²) in [5, 5.41) is 2.91. The summed E-state index contributed by atoms with van der Waals surface area (Å²) in [7, 11) is -0.950. The maximum atomic E-state index is 12.1. The van der Waals surface area contributed by atoms with E-state index in [4.69, 9.17) is 0 Å². The second-order valence-corrected chi connectivity index (χ2v) is 7.38. The van der Waals surface area contributed by atoms with Crippen molar-refractivity contribution in [3.8, 4) is 0 Å². The highest BCUT2D eigenvalue weighted by Gasteiger charge is 2.43. The van der Waals surface area contributed by atoms with Crippen LogP contribution in [0.1, 0.15) is 23.5 Å². The zero-order valence-corrected chi connectivity index (χ0v) is 13.7. The molecule has 3 rings (SSSR count). The normalized spacial score (nSPS) is 20.7. The molecule has 1 saturated carbocycles. The minimum atomic E-state index is -0.950. The molecule has 1 aromatic heterocycles. The molecule has 0 saturated heterocycles. The predicted molar refractivity (Wildman–Crippen MR) is 91.3 cm³/mol. The summed E-state index contributed by atoms with van der Waals surface area (Å²) >= 11 is 0. The molecular weight excluding hydrogens is 308 g/mol. The maximum absolute atomic E-state index is 12.1. The Morgan fingerprint density at radius 3 is 2.78 bits per heavy atom. The number of benzene rings is 1. The molecule has 5 heteroatoms. The standard InChI is InChI=1S/C18H20N2O2S/c21-18(17-11-16(17)15-7-4-8-19-12-15)20-9-10-23(22)13-14-5-2-1-3-6-14/h1-8,12,16-17H,9-11,13H2,(H,20,21)/t16-,17+,23-/m0/s1. The van der Waals surface area contributed by atoms with E-state index < -0.39 is 10.8 Å². The van der Waals surface area contributed by atoms with E-state index in [2.05, 4.69) is 10.3 Å². The second-order valence-electron chi connectivity index (χ2n) is 5.80. The van der Waals surface area contributed by atoms with Crippen molar-refractivity contribution in [2.45, 2.75) is 18.1 Å². The first kappa shape index (κ1) is 15.9. The third kappa shape index (κ3) is 4.48. The van der Waals surface area contributed by atoms with Crippen molar-refractivity contribution in [2.24, 2.45) is 5.92 Å². The quantitative estimate of drug-likeness (QED) is 0.848. The lowest BCUT2D eigenvalue weighted by molar-refractivity contribution is -0.122. The van der Waals surface area contributed by atoms with Crippen LogP contribution < -0.4 is 5.32 Å². The SMILES string of the molecule is O=C(NCC[S@](=O)Cc1ccccc1)[C@@H]1C[C@H]1c1cccnc1. The van der Waals surface area contributed by atoms with E-state index in [9.17, 15) is 9.00 Å². The van der Waals surface area contributed by atoms with Gasteiger partial charge in [-0.1, -0.05) is 36.4 Å². The molecule has 0 spiro atoms. The number of pyridine rings is 1. The fourth-order valence-corrected chi connectivity index (χ4v) is 3.74. The number of nitrogens with one attached hydrogen (secondary N) is 1. The van der Waals surface area contributed by atoms with Crippen molar-refractivity contribution in [3.05, 3.63) is 66.0 Å². The molecule has 1 heterocycles. The second kappa shape index (κ2) is 7.51. The fourth-order valence-electron chi connectivity index (χ4n) is 2.70. The number of aromatic nitrogens is 1. The van der Waals surface area contributed by atoms with E-state index in [0.717, 1.165) is 17.5 Å². The van der Waals surface area contributed by atoms with Crippen LogP contribution in [0.3, 0.4) is 0 Å². The Hall–Kier alpha value is -2.01. The molecule has 1 aromatic carbocycles. The van der Waals surface area contributed by atoms with Gasteiger partial charge in [0.1, 0.15) is 0 Å². The van der Waals surface area contributed by atoms with E-state index in [1.54, 1.807) is 6.20 Å². The number of carbonyl (C=O) groups excluding carboxylic acids is 1. The molecule has 1 aliphatic rings. The van der Waals surface area contributed by atoms with E-state index in [-0.39, 0.29) is 11.8 Å². The molecule has 1 fully saturated rings. The molecule has 1 aliphatic carbocycles. The summed E-state index contributed by atoms with van der Waals surface area (Å²) in [5.74, 6) is 1.43. The first-order valence-electron chi connectivity index (χ1n) is 7.80. The highest BCUT2D eigenvalue weighted by molar-refractivity contribution is 7.84. The highest BCUT2D eigenvalue weighted by atomic mass is 32.2. The monoisotopic (exact) mass is 328 g/mol. The first-order valence-corrected chi connectivity index (χ1v) is 9.29. The van der Waals surface area contributed by atoms with Gasteiger partial charge in [0.05, 0.1) is 0 Å². The topological polar surface area (TPSA) is 59.1 Å². The lowest BCUT2D eigenvalue weighted by Gasteiger charge is -2.06. The molecular formula is C18H20N2O2S. The average molecular weight is 328 g/mol. The zero-order chi connectivity index (χ0) is 16.1. The number of hydrogen-bond donors (Lipinski definition) is 1. The Morgan fingerprint density at radius 1 is 1.22 bits per heavy atom. The Bertz CT molecular complexity index is 676. The Kier molecular flexibility index (Phi) is 5.18. The first-order chi connectivity index (χ1) is 11.2. The molecule has 1 N–H and O–H groups in total. The van der Waals surface area contributed by atoms with Crippen molar-refractivity contribution < 1.29 is 9.00 Å². The van der Waals surface area contributed by atoms with Crippen LogP contribution in [0, 0.1) is 5.92 Å². The summed E-state index contributed by atoms with van der Waals surface area (Å²) in [6, 6.07) is 13.7. The third-order valence-electron chi connectivity index (χ3n) is 4.04. The van der Waals surface area contributed by atoms with Crippen molar-refractivity contribution in [1.82, 2.24) is 10.3 Å². The summed E-state index contributed by atoms with van der Waals surface area (Å²) in [5.41, 5.74) is 2.19. The minimum Gasteiger partial charge on any atom is -0.355 e. The molecule has 3 atom stereocenters. The van der Waals surface area contributed by atoms with Crippen molar-refractivity contribution in [3.63, 3.8) is 0 Å². The van der Waals surface area contributed by atoms with Gasteiger partial charge in [0.15, 0.2) is 0 Å². The van der Waals surface area contributed by atoms with Crippen LogP contribution in [0.5, 0.6) is 0 Å². The van der Waals surface area contributed by atoms with E-state index in [0.29, 0.717) is 24.0 Å². The Morgan fingerprint density at radius 2 is 2.04 bits per heavy atom. The van der Waals surface area contributed by atoms with Gasteiger partial charge in [-0.3, -0.25) is 14.0 Å². The third-order valence-corrected chi connectivity index (χ3v) is 5.35. The molecule has 1 amide bonds. The van der Waals surface area contributed by atoms with Crippen LogP contribution >= 0.6 is 0 Å². The number of amides is 1. The lowest BCUT2D eigenvalue weighted by atomic mass is 10.1. The van der Waals surface area contributed by atoms with E-state index in [1.165, 1.54) is 0 Å². The highest BCUT2D eigenvalue weighted by Crippen LogP contribution is 2.47. The van der Waals surface area contributed by atoms with E-state index in [1.807, 2.05) is 48.7 Å². The zero-order valence-electron chi connectivity index (χ0n) is 12.9. The number of hydrogen-bond acceptors (Lipinski definition) is 3. The summed E-state index contributed by atoms with van der Waals surface area (Å²) < 4.78 is 12.0. The average Bonchev–Trinajstić information content (AvgIpc) is 3.37. The molecule has 0 bridgehead atoms. The fraction of sp³-hybridized carbons (Fsp3) is 0.333. The van der Waals surface area contributed by atoms with Gasteiger partial charge in [-0.2, -0.15) is 0 Å². The van der Waals surface area contributed by atoms with Gasteiger partial charge in [-0.25, -0.2) is 0 Å². The van der Waals surface area contributed by atoms with Crippen molar-refractivity contribution >= 4 is 16.7 Å². The van der Waals surface area contributed by atoms with Gasteiger partial charge < -0.3 is 5.32 Å². The van der Waals surface area contributed by atoms with Gasteiger partial charge in [-0.05, 0) is 29.5 Å². The van der Waals surface area contributed by atoms with Gasteiger partial charge in [-0.15, -0.1) is 0 Å². The van der Waals surface area contributed by atoms with Crippen molar-refractivity contribution in [1.29, 1.82) is 0 Å². The van der Waals surface area contributed by atoms with Crippen LogP contribution in [-0.4, -0.2) is 27.4 Å². The number of carbonyl (C=O) groups is 1. The molecule has 2 aromatic rings. The Balaban J connectivity index is 1.38. The van der Waals surface area contributed by atoms with Crippen LogP contribution in [0.15, 0.2) is 54.9 Å². The molecule has 0 radical (unpaired) electrons. The summed E-state index contributed by atoms with van der Waals surface area (Å²) in [6.07, 6.45) is 4.44. The van der Waals surface area contributed by atoms with Crippen LogP contribution in [0.25, 0.3) is 0 Å². The van der Waals surface area contributed by atoms with Crippen LogP contribution in [0.4, 0.5) is 0 Å². The number of nitrogens with zero attached hydrogens (tertiary/aromatic N) is 1. The van der Waals surface area contributed by atoms with Crippen LogP contribution in [0.2, 0.25) is 0 Å². The van der Waals surface area contributed by atoms with Crippen molar-refractivity contribution in [2.75, 3.05) is 12.3 Å². The van der Waals surface area contributed by atoms with Gasteiger partial charge in [0, 0.05) is 47.2 Å². The smallest absolute Gasteiger partial charge is 0.223 e. The molecule has 4 nitrogen and oxygen atoms in total. The minimum absolute atomic E-state index is 0.0433. The Labute approximate surface area is 138 Å². The van der Waals surface area contributed by atoms with E-state index >= 15 is 0 Å². The van der Waals surface area contributed by atoms with Gasteiger partial charge in [0.25, 0.3) is 0 Å². The van der Waals surface area contributed by atoms with Gasteiger partial charge >= 0.3 is 0 Å². The predicted octanol–water partition coefficient (Wildman–Crippen LogP) is 2.25. The molecule has 0 unspecified atom stereocenters. The number of rotatable bonds is 7. The van der Waals surface area contributed by atoms with Crippen LogP contribution in [-0.2, 0) is 21.3 Å². The summed E-state index contributed by atoms with van der Waals surface area (Å²) in [4.78, 5) is 16.2. The largest absolute Gasteiger partial charge is 0.355 e. The molecule has 120 valence electrons.